The fraction of sp³-hybridized carbons (Fsp3) is 0.419. The Hall–Kier alpha value is -4.64. The number of carbonyl (C=O) groups is 2. The van der Waals surface area contributed by atoms with Gasteiger partial charge >= 0.3 is 12.2 Å². The monoisotopic (exact) mass is 631 g/mol. The highest BCUT2D eigenvalue weighted by molar-refractivity contribution is 5.95. The topological polar surface area (TPSA) is 126 Å². The minimum Gasteiger partial charge on any atom is -0.495 e. The van der Waals surface area contributed by atoms with Crippen molar-refractivity contribution in [3.8, 4) is 17.6 Å². The Bertz CT molecular complexity index is 1580. The normalized spacial score (nSPS) is 17.6. The number of ether oxygens (including phenoxy) is 1. The van der Waals surface area contributed by atoms with Gasteiger partial charge in [-0.15, -0.1) is 0 Å². The van der Waals surface area contributed by atoms with E-state index in [-0.39, 0.29) is 37.3 Å². The van der Waals surface area contributed by atoms with Crippen molar-refractivity contribution in [3.05, 3.63) is 53.7 Å². The molecule has 1 fully saturated rings. The van der Waals surface area contributed by atoms with Gasteiger partial charge in [-0.05, 0) is 62.7 Å². The molecule has 1 aromatic heterocycles. The van der Waals surface area contributed by atoms with Gasteiger partial charge in [-0.25, -0.2) is 9.18 Å². The van der Waals surface area contributed by atoms with Gasteiger partial charge in [0, 0.05) is 42.3 Å². The van der Waals surface area contributed by atoms with Crippen LogP contribution in [0.1, 0.15) is 29.4 Å². The van der Waals surface area contributed by atoms with E-state index in [1.54, 1.807) is 43.3 Å². The summed E-state index contributed by atoms with van der Waals surface area (Å²) < 4.78 is 62.0. The van der Waals surface area contributed by atoms with Crippen LogP contribution in [0.15, 0.2) is 42.5 Å². The number of hydrogen-bond donors (Lipinski definition) is 5. The SMILES string of the molecule is COc1cc(C(=O)NC[C@H](C)NC(N)=O)ccc1NCC#Cc1cc2c(N[C@@H]3CCN(C)C[C@@H]3F)cccc2n1CC(F)(F)F. The molecule has 1 aliphatic rings. The zero-order chi connectivity index (χ0) is 32.7. The van der Waals surface area contributed by atoms with Gasteiger partial charge in [0.05, 0.1) is 36.6 Å². The molecule has 0 bridgehead atoms. The van der Waals surface area contributed by atoms with Crippen LogP contribution in [0.5, 0.6) is 5.75 Å². The predicted octanol–water partition coefficient (Wildman–Crippen LogP) is 3.92. The van der Waals surface area contributed by atoms with Crippen molar-refractivity contribution < 1.29 is 31.9 Å². The summed E-state index contributed by atoms with van der Waals surface area (Å²) >= 11 is 0. The number of nitrogens with zero attached hydrogens (tertiary/aromatic N) is 2. The lowest BCUT2D eigenvalue weighted by atomic mass is 10.0. The molecule has 0 saturated carbocycles. The van der Waals surface area contributed by atoms with Crippen LogP contribution in [0, 0.1) is 11.8 Å². The number of rotatable bonds is 10. The lowest BCUT2D eigenvalue weighted by Gasteiger charge is -2.33. The first kappa shape index (κ1) is 33.3. The Balaban J connectivity index is 1.50. The van der Waals surface area contributed by atoms with E-state index in [1.807, 2.05) is 11.9 Å². The second kappa shape index (κ2) is 14.4. The number of hydrogen-bond acceptors (Lipinski definition) is 6. The van der Waals surface area contributed by atoms with Gasteiger partial charge in [0.15, 0.2) is 0 Å². The molecule has 3 atom stereocenters. The number of primary amides is 1. The molecule has 3 amide bonds. The van der Waals surface area contributed by atoms with Gasteiger partial charge < -0.3 is 41.2 Å². The van der Waals surface area contributed by atoms with Gasteiger partial charge in [-0.2, -0.15) is 13.2 Å². The maximum absolute atomic E-state index is 14.7. The summed E-state index contributed by atoms with van der Waals surface area (Å²) in [6.45, 7) is 1.68. The van der Waals surface area contributed by atoms with Crippen LogP contribution in [0.4, 0.5) is 33.7 Å². The number of piperidine rings is 1. The molecule has 1 aliphatic heterocycles. The third kappa shape index (κ3) is 8.95. The number of benzene rings is 2. The molecule has 10 nitrogen and oxygen atoms in total. The van der Waals surface area contributed by atoms with Crippen LogP contribution in [-0.2, 0) is 6.54 Å². The molecule has 6 N–H and O–H groups in total. The van der Waals surface area contributed by atoms with E-state index in [2.05, 4.69) is 33.1 Å². The van der Waals surface area contributed by atoms with Crippen molar-refractivity contribution in [1.29, 1.82) is 0 Å². The first-order valence-corrected chi connectivity index (χ1v) is 14.4. The molecule has 3 aromatic rings. The predicted molar refractivity (Wildman–Crippen MR) is 165 cm³/mol. The number of likely N-dealkylation sites (tertiary alicyclic amines) is 1. The molecule has 0 aliphatic carbocycles. The van der Waals surface area contributed by atoms with Crippen molar-refractivity contribution in [1.82, 2.24) is 20.1 Å². The number of amides is 3. The molecule has 0 spiro atoms. The number of halogens is 4. The Labute approximate surface area is 258 Å². The maximum Gasteiger partial charge on any atom is 0.406 e. The van der Waals surface area contributed by atoms with Crippen LogP contribution in [0.2, 0.25) is 0 Å². The molecule has 14 heteroatoms. The number of aromatic nitrogens is 1. The maximum atomic E-state index is 14.7. The van der Waals surface area contributed by atoms with E-state index in [9.17, 15) is 27.2 Å². The lowest BCUT2D eigenvalue weighted by Crippen LogP contribution is -2.46. The number of anilines is 2. The van der Waals surface area contributed by atoms with Gasteiger partial charge in [-0.1, -0.05) is 12.0 Å². The van der Waals surface area contributed by atoms with E-state index in [0.29, 0.717) is 46.6 Å². The smallest absolute Gasteiger partial charge is 0.406 e. The minimum atomic E-state index is -4.49. The molecule has 0 radical (unpaired) electrons. The van der Waals surface area contributed by atoms with E-state index in [1.165, 1.54) is 13.2 Å². The molecular formula is C31H37F4N7O3. The lowest BCUT2D eigenvalue weighted by molar-refractivity contribution is -0.140. The number of nitrogens with two attached hydrogens (primary N) is 1. The number of alkyl halides is 4. The Morgan fingerprint density at radius 3 is 2.64 bits per heavy atom. The third-order valence-electron chi connectivity index (χ3n) is 7.37. The number of carbonyl (C=O) groups excluding carboxylic acids is 2. The van der Waals surface area contributed by atoms with Crippen molar-refractivity contribution in [2.45, 2.75) is 44.3 Å². The summed E-state index contributed by atoms with van der Waals surface area (Å²) in [4.78, 5) is 25.4. The zero-order valence-electron chi connectivity index (χ0n) is 25.2. The van der Waals surface area contributed by atoms with E-state index < -0.39 is 31.0 Å². The molecule has 1 saturated heterocycles. The standard InChI is InChI=1S/C31H37F4N7O3/c1-19(39-30(36)44)16-38-29(43)20-9-10-26(28(14-20)45-3)37-12-5-6-21-15-22-24(40-25-11-13-41(2)17-23(25)32)7-4-8-27(22)42(21)18-31(33,34)35/h4,7-10,14-15,19,23,25,37,40H,11-13,16-18H2,1-3H3,(H,38,43)(H3,36,39,44)/t19-,23-,25+/m0/s1. The van der Waals surface area contributed by atoms with Crippen molar-refractivity contribution in [2.24, 2.45) is 5.73 Å². The van der Waals surface area contributed by atoms with Crippen LogP contribution < -0.4 is 31.7 Å². The average Bonchev–Trinajstić information content (AvgIpc) is 3.31. The first-order chi connectivity index (χ1) is 21.3. The van der Waals surface area contributed by atoms with Crippen LogP contribution >= 0.6 is 0 Å². The van der Waals surface area contributed by atoms with Crippen molar-refractivity contribution in [3.63, 3.8) is 0 Å². The summed E-state index contributed by atoms with van der Waals surface area (Å²) in [5, 5.41) is 12.0. The Kier molecular flexibility index (Phi) is 10.7. The number of urea groups is 1. The highest BCUT2D eigenvalue weighted by atomic mass is 19.4. The van der Waals surface area contributed by atoms with E-state index in [4.69, 9.17) is 10.5 Å². The van der Waals surface area contributed by atoms with Crippen molar-refractivity contribution in [2.75, 3.05) is 51.0 Å². The highest BCUT2D eigenvalue weighted by Gasteiger charge is 2.31. The summed E-state index contributed by atoms with van der Waals surface area (Å²) in [5.74, 6) is 5.69. The molecule has 45 heavy (non-hydrogen) atoms. The largest absolute Gasteiger partial charge is 0.495 e. The molecule has 0 unspecified atom stereocenters. The minimum absolute atomic E-state index is 0.0655. The van der Waals surface area contributed by atoms with E-state index >= 15 is 0 Å². The third-order valence-corrected chi connectivity index (χ3v) is 7.37. The molecule has 2 heterocycles. The summed E-state index contributed by atoms with van der Waals surface area (Å²) in [6.07, 6.45) is -5.03. The number of nitrogens with one attached hydrogen (secondary N) is 4. The van der Waals surface area contributed by atoms with Crippen LogP contribution in [0.3, 0.4) is 0 Å². The highest BCUT2D eigenvalue weighted by Crippen LogP contribution is 2.32. The zero-order valence-corrected chi connectivity index (χ0v) is 25.2. The second-order valence-corrected chi connectivity index (χ2v) is 11.0. The van der Waals surface area contributed by atoms with E-state index in [0.717, 1.165) is 4.57 Å². The summed E-state index contributed by atoms with van der Waals surface area (Å²) in [5.41, 5.74) is 6.98. The number of fused-ring (bicyclic) bond motifs is 1. The molecule has 4 rings (SSSR count). The summed E-state index contributed by atoms with van der Waals surface area (Å²) in [6, 6.07) is 9.77. The molecule has 242 valence electrons. The Morgan fingerprint density at radius 1 is 1.18 bits per heavy atom. The van der Waals surface area contributed by atoms with Gasteiger partial charge in [0.25, 0.3) is 5.91 Å². The van der Waals surface area contributed by atoms with Gasteiger partial charge in [-0.3, -0.25) is 4.79 Å². The Morgan fingerprint density at radius 2 is 1.96 bits per heavy atom. The van der Waals surface area contributed by atoms with Crippen molar-refractivity contribution >= 4 is 34.2 Å². The average molecular weight is 632 g/mol. The van der Waals surface area contributed by atoms with Gasteiger partial charge in [0.1, 0.15) is 18.5 Å². The number of methoxy groups -OCH3 is 1. The van der Waals surface area contributed by atoms with Crippen LogP contribution in [0.25, 0.3) is 10.9 Å². The summed E-state index contributed by atoms with van der Waals surface area (Å²) in [7, 11) is 3.28. The van der Waals surface area contributed by atoms with Gasteiger partial charge in [0.2, 0.25) is 0 Å². The first-order valence-electron chi connectivity index (χ1n) is 14.4. The molecular weight excluding hydrogens is 594 g/mol. The van der Waals surface area contributed by atoms with Crippen LogP contribution in [-0.4, -0.2) is 86.2 Å². The second-order valence-electron chi connectivity index (χ2n) is 11.0. The molecule has 2 aromatic carbocycles. The fourth-order valence-electron chi connectivity index (χ4n) is 5.18. The quantitative estimate of drug-likeness (QED) is 0.171. The fourth-order valence-corrected chi connectivity index (χ4v) is 5.18.